The van der Waals surface area contributed by atoms with Crippen LogP contribution in [0.1, 0.15) is 60.7 Å². The predicted octanol–water partition coefficient (Wildman–Crippen LogP) is 7.13. The molecule has 0 aromatic heterocycles. The van der Waals surface area contributed by atoms with Crippen molar-refractivity contribution >= 4 is 11.9 Å². The SMILES string of the molecule is CCCCOCCOCCOc1ccc(-c2ccc(C(=O)Oc3ccc(C(=O)OC[C@@H](C)CC)cc3F)cc2)cc1. The van der Waals surface area contributed by atoms with Crippen LogP contribution in [0.25, 0.3) is 11.1 Å². The molecule has 1 atom stereocenters. The largest absolute Gasteiger partial charge is 0.491 e. The minimum Gasteiger partial charge on any atom is -0.491 e. The summed E-state index contributed by atoms with van der Waals surface area (Å²) in [5.74, 6) is -1.47. The van der Waals surface area contributed by atoms with Gasteiger partial charge in [-0.25, -0.2) is 14.0 Å². The molecule has 3 aromatic carbocycles. The molecule has 0 saturated carbocycles. The minimum absolute atomic E-state index is 0.0583. The standard InChI is InChI=1S/C33H39FO7/c1-4-6-17-37-18-19-38-20-21-39-29-14-11-26(12-15-29)25-7-9-27(10-8-25)33(36)41-31-16-13-28(22-30(31)34)32(35)40-23-24(3)5-2/h7-16,22,24H,4-6,17-21,23H2,1-3H3/t24-/m0/s1. The third-order valence-corrected chi connectivity index (χ3v) is 6.38. The van der Waals surface area contributed by atoms with E-state index < -0.39 is 17.8 Å². The number of halogens is 1. The monoisotopic (exact) mass is 566 g/mol. The van der Waals surface area contributed by atoms with Crippen molar-refractivity contribution < 1.29 is 37.7 Å². The molecule has 0 heterocycles. The molecule has 0 spiro atoms. The summed E-state index contributed by atoms with van der Waals surface area (Å²) in [6.07, 6.45) is 3.05. The summed E-state index contributed by atoms with van der Waals surface area (Å²) >= 11 is 0. The van der Waals surface area contributed by atoms with Gasteiger partial charge in [0, 0.05) is 6.61 Å². The van der Waals surface area contributed by atoms with E-state index in [1.165, 1.54) is 12.1 Å². The molecule has 0 unspecified atom stereocenters. The van der Waals surface area contributed by atoms with Crippen LogP contribution in [0.4, 0.5) is 4.39 Å². The minimum atomic E-state index is -0.821. The zero-order valence-corrected chi connectivity index (χ0v) is 24.0. The van der Waals surface area contributed by atoms with Gasteiger partial charge in [0.25, 0.3) is 0 Å². The van der Waals surface area contributed by atoms with Crippen molar-refractivity contribution in [1.29, 1.82) is 0 Å². The first-order valence-electron chi connectivity index (χ1n) is 14.1. The highest BCUT2D eigenvalue weighted by molar-refractivity contribution is 5.92. The molecule has 0 fully saturated rings. The highest BCUT2D eigenvalue weighted by Gasteiger charge is 2.16. The summed E-state index contributed by atoms with van der Waals surface area (Å²) < 4.78 is 41.7. The van der Waals surface area contributed by atoms with E-state index in [2.05, 4.69) is 6.92 Å². The summed E-state index contributed by atoms with van der Waals surface area (Å²) in [4.78, 5) is 24.7. The van der Waals surface area contributed by atoms with E-state index in [1.807, 2.05) is 38.1 Å². The second-order valence-corrected chi connectivity index (χ2v) is 9.68. The Morgan fingerprint density at radius 1 is 0.756 bits per heavy atom. The summed E-state index contributed by atoms with van der Waals surface area (Å²) in [6.45, 7) is 9.17. The third-order valence-electron chi connectivity index (χ3n) is 6.38. The van der Waals surface area contributed by atoms with Gasteiger partial charge < -0.3 is 23.7 Å². The summed E-state index contributed by atoms with van der Waals surface area (Å²) in [5, 5.41) is 0. The fraction of sp³-hybridized carbons (Fsp3) is 0.394. The Labute approximate surface area is 241 Å². The van der Waals surface area contributed by atoms with Gasteiger partial charge in [0.1, 0.15) is 12.4 Å². The zero-order valence-electron chi connectivity index (χ0n) is 24.0. The molecule has 0 N–H and O–H groups in total. The second kappa shape index (κ2) is 17.1. The van der Waals surface area contributed by atoms with Crippen LogP contribution < -0.4 is 9.47 Å². The molecule has 220 valence electrons. The molecule has 0 aliphatic carbocycles. The van der Waals surface area contributed by atoms with Crippen molar-refractivity contribution in [3.8, 4) is 22.6 Å². The smallest absolute Gasteiger partial charge is 0.343 e. The summed E-state index contributed by atoms with van der Waals surface area (Å²) in [6, 6.07) is 18.0. The Kier molecular flexibility index (Phi) is 13.3. The van der Waals surface area contributed by atoms with Crippen molar-refractivity contribution in [3.63, 3.8) is 0 Å². The van der Waals surface area contributed by atoms with Gasteiger partial charge in [0.05, 0.1) is 37.6 Å². The van der Waals surface area contributed by atoms with Gasteiger partial charge in [0.2, 0.25) is 0 Å². The Bertz CT molecular complexity index is 1230. The lowest BCUT2D eigenvalue weighted by molar-refractivity contribution is 0.0356. The van der Waals surface area contributed by atoms with Crippen LogP contribution in [0.2, 0.25) is 0 Å². The maximum atomic E-state index is 14.5. The average molecular weight is 567 g/mol. The normalized spacial score (nSPS) is 11.6. The van der Waals surface area contributed by atoms with Crippen molar-refractivity contribution in [2.24, 2.45) is 5.92 Å². The zero-order chi connectivity index (χ0) is 29.5. The van der Waals surface area contributed by atoms with E-state index in [-0.39, 0.29) is 29.4 Å². The fourth-order valence-electron chi connectivity index (χ4n) is 3.62. The molecule has 8 heteroatoms. The van der Waals surface area contributed by atoms with Crippen molar-refractivity contribution in [2.45, 2.75) is 40.0 Å². The van der Waals surface area contributed by atoms with E-state index in [0.29, 0.717) is 26.4 Å². The van der Waals surface area contributed by atoms with E-state index in [9.17, 15) is 14.0 Å². The number of rotatable bonds is 17. The Hall–Kier alpha value is -3.75. The third kappa shape index (κ3) is 10.6. The first kappa shape index (κ1) is 31.8. The van der Waals surface area contributed by atoms with E-state index in [0.717, 1.165) is 48.8 Å². The predicted molar refractivity (Wildman–Crippen MR) is 155 cm³/mol. The first-order valence-corrected chi connectivity index (χ1v) is 14.1. The van der Waals surface area contributed by atoms with Gasteiger partial charge in [0.15, 0.2) is 11.6 Å². The number of ether oxygens (including phenoxy) is 5. The van der Waals surface area contributed by atoms with Crippen LogP contribution >= 0.6 is 0 Å². The first-order chi connectivity index (χ1) is 19.9. The fourth-order valence-corrected chi connectivity index (χ4v) is 3.62. The Morgan fingerprint density at radius 3 is 2.00 bits per heavy atom. The number of carbonyl (C=O) groups is 2. The van der Waals surface area contributed by atoms with Crippen molar-refractivity contribution in [3.05, 3.63) is 83.7 Å². The van der Waals surface area contributed by atoms with Gasteiger partial charge in [-0.2, -0.15) is 0 Å². The maximum absolute atomic E-state index is 14.5. The summed E-state index contributed by atoms with van der Waals surface area (Å²) in [7, 11) is 0. The van der Waals surface area contributed by atoms with Gasteiger partial charge >= 0.3 is 11.9 Å². The number of unbranched alkanes of at least 4 members (excludes halogenated alkanes) is 1. The molecular weight excluding hydrogens is 527 g/mol. The number of esters is 2. The molecule has 41 heavy (non-hydrogen) atoms. The quantitative estimate of drug-likeness (QED) is 0.0977. The molecule has 0 aliphatic rings. The lowest BCUT2D eigenvalue weighted by Gasteiger charge is -2.11. The molecule has 0 saturated heterocycles. The van der Waals surface area contributed by atoms with Crippen LogP contribution in [0, 0.1) is 11.7 Å². The molecule has 0 amide bonds. The number of benzene rings is 3. The molecule has 3 rings (SSSR count). The molecule has 3 aromatic rings. The van der Waals surface area contributed by atoms with Crippen molar-refractivity contribution in [2.75, 3.05) is 39.6 Å². The lowest BCUT2D eigenvalue weighted by Crippen LogP contribution is -2.13. The highest BCUT2D eigenvalue weighted by Crippen LogP contribution is 2.24. The van der Waals surface area contributed by atoms with Crippen LogP contribution in [-0.2, 0) is 14.2 Å². The lowest BCUT2D eigenvalue weighted by atomic mass is 10.0. The molecule has 0 bridgehead atoms. The molecular formula is C33H39FO7. The highest BCUT2D eigenvalue weighted by atomic mass is 19.1. The number of hydrogen-bond donors (Lipinski definition) is 0. The van der Waals surface area contributed by atoms with Crippen molar-refractivity contribution in [1.82, 2.24) is 0 Å². The van der Waals surface area contributed by atoms with Gasteiger partial charge in [-0.05, 0) is 65.9 Å². The van der Waals surface area contributed by atoms with Crippen LogP contribution in [0.3, 0.4) is 0 Å². The van der Waals surface area contributed by atoms with Gasteiger partial charge in [-0.1, -0.05) is 57.9 Å². The van der Waals surface area contributed by atoms with E-state index >= 15 is 0 Å². The van der Waals surface area contributed by atoms with E-state index in [1.54, 1.807) is 24.3 Å². The van der Waals surface area contributed by atoms with Crippen LogP contribution in [0.5, 0.6) is 11.5 Å². The van der Waals surface area contributed by atoms with Gasteiger partial charge in [-0.3, -0.25) is 0 Å². The maximum Gasteiger partial charge on any atom is 0.343 e. The molecule has 7 nitrogen and oxygen atoms in total. The van der Waals surface area contributed by atoms with E-state index in [4.69, 9.17) is 23.7 Å². The van der Waals surface area contributed by atoms with Gasteiger partial charge in [-0.15, -0.1) is 0 Å². The molecule has 0 aliphatic heterocycles. The average Bonchev–Trinajstić information content (AvgIpc) is 3.00. The number of hydrogen-bond acceptors (Lipinski definition) is 7. The Morgan fingerprint density at radius 2 is 1.37 bits per heavy atom. The molecule has 0 radical (unpaired) electrons. The second-order valence-electron chi connectivity index (χ2n) is 9.68. The topological polar surface area (TPSA) is 80.3 Å². The number of carbonyl (C=O) groups excluding carboxylic acids is 2. The van der Waals surface area contributed by atoms with Crippen LogP contribution in [-0.4, -0.2) is 51.6 Å². The van der Waals surface area contributed by atoms with Crippen LogP contribution in [0.15, 0.2) is 66.7 Å². The Balaban J connectivity index is 1.46. The summed E-state index contributed by atoms with van der Waals surface area (Å²) in [5.41, 5.74) is 2.16.